The number of hydrogen-bond acceptors (Lipinski definition) is 1. The predicted molar refractivity (Wildman–Crippen MR) is 81.3 cm³/mol. The Labute approximate surface area is 110 Å². The summed E-state index contributed by atoms with van der Waals surface area (Å²) in [6, 6.07) is 0. The van der Waals surface area contributed by atoms with Crippen LogP contribution in [0.1, 0.15) is 67.7 Å². The molecule has 0 fully saturated rings. The van der Waals surface area contributed by atoms with Gasteiger partial charge in [-0.1, -0.05) is 61.5 Å². The molecule has 0 aliphatic heterocycles. The average molecular weight is 242 g/mol. The lowest BCUT2D eigenvalue weighted by atomic mass is 10.1. The van der Waals surface area contributed by atoms with E-state index in [-0.39, 0.29) is 0 Å². The molecule has 0 saturated carbocycles. The number of ether oxygens (including phenoxy) is 1. The van der Waals surface area contributed by atoms with Gasteiger partial charge in [0.1, 0.15) is 5.76 Å². The number of rotatable bonds is 7. The van der Waals surface area contributed by atoms with Crippen molar-refractivity contribution >= 4 is 0 Å². The van der Waals surface area contributed by atoms with E-state index in [0.717, 1.165) is 31.1 Å². The summed E-state index contributed by atoms with van der Waals surface area (Å²) in [6.45, 7) is 19.1. The second kappa shape index (κ2) is 20.7. The van der Waals surface area contributed by atoms with Crippen molar-refractivity contribution in [2.45, 2.75) is 67.7 Å². The molecule has 0 saturated heterocycles. The molecular formula is C16H34O. The summed E-state index contributed by atoms with van der Waals surface area (Å²) in [6.07, 6.45) is 7.20. The van der Waals surface area contributed by atoms with Crippen LogP contribution in [0, 0.1) is 5.92 Å². The van der Waals surface area contributed by atoms with Gasteiger partial charge in [-0.05, 0) is 30.9 Å². The molecule has 1 atom stereocenters. The zero-order valence-electron chi connectivity index (χ0n) is 13.2. The topological polar surface area (TPSA) is 9.23 Å². The molecular weight excluding hydrogens is 208 g/mol. The van der Waals surface area contributed by atoms with E-state index in [1.54, 1.807) is 6.08 Å². The van der Waals surface area contributed by atoms with E-state index in [9.17, 15) is 0 Å². The predicted octanol–water partition coefficient (Wildman–Crippen LogP) is 5.97. The Morgan fingerprint density at radius 3 is 2.06 bits per heavy atom. The lowest BCUT2D eigenvalue weighted by molar-refractivity contribution is 0.202. The van der Waals surface area contributed by atoms with Crippen LogP contribution >= 0.6 is 0 Å². The van der Waals surface area contributed by atoms with Crippen molar-refractivity contribution in [2.24, 2.45) is 5.92 Å². The minimum atomic E-state index is 0.757. The lowest BCUT2D eigenvalue weighted by Gasteiger charge is -2.10. The van der Waals surface area contributed by atoms with Crippen molar-refractivity contribution < 1.29 is 4.74 Å². The maximum Gasteiger partial charge on any atom is 0.114 e. The molecule has 0 aliphatic carbocycles. The van der Waals surface area contributed by atoms with Crippen molar-refractivity contribution in [3.05, 3.63) is 24.5 Å². The molecule has 104 valence electrons. The van der Waals surface area contributed by atoms with Crippen LogP contribution in [0.5, 0.6) is 0 Å². The maximum atomic E-state index is 5.55. The van der Waals surface area contributed by atoms with Gasteiger partial charge < -0.3 is 4.74 Å². The van der Waals surface area contributed by atoms with Crippen LogP contribution in [0.2, 0.25) is 0 Å². The SMILES string of the molecule is C=C/C(=C\CC)OCCC(C)CC.CC.CC. The number of hydrogen-bond donors (Lipinski definition) is 0. The highest BCUT2D eigenvalue weighted by Gasteiger charge is 1.98. The van der Waals surface area contributed by atoms with Gasteiger partial charge in [0, 0.05) is 0 Å². The molecule has 0 bridgehead atoms. The second-order valence-corrected chi connectivity index (χ2v) is 3.37. The minimum absolute atomic E-state index is 0.757. The first kappa shape index (κ1) is 21.6. The van der Waals surface area contributed by atoms with Crippen molar-refractivity contribution in [1.82, 2.24) is 0 Å². The quantitative estimate of drug-likeness (QED) is 0.394. The largest absolute Gasteiger partial charge is 0.494 e. The first-order valence-electron chi connectivity index (χ1n) is 7.19. The Morgan fingerprint density at radius 2 is 1.71 bits per heavy atom. The van der Waals surface area contributed by atoms with Crippen LogP contribution < -0.4 is 0 Å². The Balaban J connectivity index is -0.000000439. The molecule has 0 radical (unpaired) electrons. The highest BCUT2D eigenvalue weighted by molar-refractivity contribution is 5.07. The third-order valence-corrected chi connectivity index (χ3v) is 2.18. The highest BCUT2D eigenvalue weighted by atomic mass is 16.5. The first-order valence-corrected chi connectivity index (χ1v) is 7.19. The Bertz CT molecular complexity index is 159. The third kappa shape index (κ3) is 17.9. The molecule has 1 heteroatoms. The van der Waals surface area contributed by atoms with Gasteiger partial charge in [0.2, 0.25) is 0 Å². The third-order valence-electron chi connectivity index (χ3n) is 2.18. The molecule has 0 spiro atoms. The summed E-state index contributed by atoms with van der Waals surface area (Å²) in [4.78, 5) is 0. The van der Waals surface area contributed by atoms with Crippen LogP contribution in [0.15, 0.2) is 24.5 Å². The van der Waals surface area contributed by atoms with Crippen LogP contribution in [0.25, 0.3) is 0 Å². The average Bonchev–Trinajstić information content (AvgIpc) is 2.42. The second-order valence-electron chi connectivity index (χ2n) is 3.37. The van der Waals surface area contributed by atoms with E-state index < -0.39 is 0 Å². The van der Waals surface area contributed by atoms with E-state index in [1.807, 2.05) is 27.7 Å². The molecule has 17 heavy (non-hydrogen) atoms. The van der Waals surface area contributed by atoms with Gasteiger partial charge in [-0.2, -0.15) is 0 Å². The van der Waals surface area contributed by atoms with Gasteiger partial charge >= 0.3 is 0 Å². The van der Waals surface area contributed by atoms with Gasteiger partial charge in [-0.3, -0.25) is 0 Å². The molecule has 1 unspecified atom stereocenters. The fraction of sp³-hybridized carbons (Fsp3) is 0.750. The van der Waals surface area contributed by atoms with Gasteiger partial charge in [0.25, 0.3) is 0 Å². The van der Waals surface area contributed by atoms with Crippen molar-refractivity contribution in [2.75, 3.05) is 6.61 Å². The van der Waals surface area contributed by atoms with E-state index in [0.29, 0.717) is 0 Å². The van der Waals surface area contributed by atoms with Crippen molar-refractivity contribution in [1.29, 1.82) is 0 Å². The smallest absolute Gasteiger partial charge is 0.114 e. The minimum Gasteiger partial charge on any atom is -0.494 e. The van der Waals surface area contributed by atoms with Crippen LogP contribution in [0.3, 0.4) is 0 Å². The molecule has 0 N–H and O–H groups in total. The van der Waals surface area contributed by atoms with E-state index in [4.69, 9.17) is 4.74 Å². The van der Waals surface area contributed by atoms with E-state index in [1.165, 1.54) is 6.42 Å². The van der Waals surface area contributed by atoms with Crippen molar-refractivity contribution in [3.8, 4) is 0 Å². The van der Waals surface area contributed by atoms with Crippen LogP contribution in [0.4, 0.5) is 0 Å². The zero-order chi connectivity index (χ0) is 14.1. The first-order chi connectivity index (χ1) is 8.24. The standard InChI is InChI=1S/C12H22O.2C2H6/c1-5-8-12(7-3)13-10-9-11(4)6-2;2*1-2/h7-8,11H,3,5-6,9-10H2,1-2,4H3;2*1-2H3/b12-8+;;. The van der Waals surface area contributed by atoms with Crippen LogP contribution in [-0.2, 0) is 4.74 Å². The van der Waals surface area contributed by atoms with Gasteiger partial charge in [0.15, 0.2) is 0 Å². The summed E-state index contributed by atoms with van der Waals surface area (Å²) in [7, 11) is 0. The molecule has 0 aliphatic rings. The maximum absolute atomic E-state index is 5.55. The molecule has 0 aromatic carbocycles. The van der Waals surface area contributed by atoms with Gasteiger partial charge in [-0.15, -0.1) is 0 Å². The van der Waals surface area contributed by atoms with Gasteiger partial charge in [-0.25, -0.2) is 0 Å². The number of allylic oxidation sites excluding steroid dienone is 2. The van der Waals surface area contributed by atoms with Crippen molar-refractivity contribution in [3.63, 3.8) is 0 Å². The molecule has 1 nitrogen and oxygen atoms in total. The highest BCUT2D eigenvalue weighted by Crippen LogP contribution is 2.08. The zero-order valence-corrected chi connectivity index (χ0v) is 13.2. The Kier molecular flexibility index (Phi) is 26.2. The fourth-order valence-corrected chi connectivity index (χ4v) is 0.984. The molecule has 0 heterocycles. The lowest BCUT2D eigenvalue weighted by Crippen LogP contribution is -2.00. The summed E-state index contributed by atoms with van der Waals surface area (Å²) in [5, 5.41) is 0. The molecule has 0 amide bonds. The van der Waals surface area contributed by atoms with E-state index >= 15 is 0 Å². The summed E-state index contributed by atoms with van der Waals surface area (Å²) in [5.74, 6) is 1.68. The summed E-state index contributed by atoms with van der Waals surface area (Å²) < 4.78 is 5.55. The Hall–Kier alpha value is -0.720. The van der Waals surface area contributed by atoms with E-state index in [2.05, 4.69) is 33.4 Å². The monoisotopic (exact) mass is 242 g/mol. The normalized spacial score (nSPS) is 11.4. The summed E-state index contributed by atoms with van der Waals surface area (Å²) >= 11 is 0. The van der Waals surface area contributed by atoms with Gasteiger partial charge in [0.05, 0.1) is 6.61 Å². The molecule has 0 rings (SSSR count). The molecule has 0 aromatic heterocycles. The fourth-order valence-electron chi connectivity index (χ4n) is 0.984. The molecule has 0 aromatic rings. The summed E-state index contributed by atoms with van der Waals surface area (Å²) in [5.41, 5.74) is 0. The van der Waals surface area contributed by atoms with Crippen LogP contribution in [-0.4, -0.2) is 6.61 Å². The Morgan fingerprint density at radius 1 is 1.18 bits per heavy atom.